The number of hydrogen-bond acceptors (Lipinski definition) is 5. The first-order valence-electron chi connectivity index (χ1n) is 8.01. The van der Waals surface area contributed by atoms with Crippen LogP contribution >= 0.6 is 0 Å². The average Bonchev–Trinajstić information content (AvgIpc) is 2.66. The Hall–Kier alpha value is -3.08. The Bertz CT molecular complexity index is 795. The first-order valence-corrected chi connectivity index (χ1v) is 8.01. The van der Waals surface area contributed by atoms with Gasteiger partial charge in [0, 0.05) is 11.6 Å². The van der Waals surface area contributed by atoms with Crippen molar-refractivity contribution in [3.05, 3.63) is 65.7 Å². The van der Waals surface area contributed by atoms with Gasteiger partial charge >= 0.3 is 5.97 Å². The van der Waals surface area contributed by atoms with Crippen molar-refractivity contribution >= 4 is 17.8 Å². The number of esters is 1. The van der Waals surface area contributed by atoms with E-state index >= 15 is 0 Å². The topological polar surface area (TPSA) is 61.8 Å². The van der Waals surface area contributed by atoms with E-state index in [4.69, 9.17) is 14.2 Å². The lowest BCUT2D eigenvalue weighted by Gasteiger charge is -2.18. The summed E-state index contributed by atoms with van der Waals surface area (Å²) >= 11 is 0. The molecule has 0 saturated heterocycles. The number of hydrogen-bond donors (Lipinski definition) is 0. The molecule has 0 N–H and O–H groups in total. The van der Waals surface area contributed by atoms with Crippen molar-refractivity contribution in [2.75, 3.05) is 13.2 Å². The third-order valence-electron chi connectivity index (χ3n) is 3.70. The van der Waals surface area contributed by atoms with Crippen LogP contribution in [-0.2, 0) is 9.53 Å². The summed E-state index contributed by atoms with van der Waals surface area (Å²) in [7, 11) is 0. The molecule has 5 nitrogen and oxygen atoms in total. The largest absolute Gasteiger partial charge is 0.486 e. The maximum Gasteiger partial charge on any atom is 0.331 e. The standard InChI is InChI=1S/C20H18O5/c1-14(20(22)16-5-3-2-4-6-16)25-19(21)10-8-15-7-9-17-18(13-15)24-12-11-23-17/h2-10,13-14H,11-12H2,1H3/b10-8+/t14-/m1/s1. The van der Waals surface area contributed by atoms with Crippen LogP contribution in [0.1, 0.15) is 22.8 Å². The van der Waals surface area contributed by atoms with Crippen molar-refractivity contribution in [2.24, 2.45) is 0 Å². The molecule has 1 heterocycles. The van der Waals surface area contributed by atoms with Gasteiger partial charge in [-0.25, -0.2) is 4.79 Å². The molecule has 0 fully saturated rings. The van der Waals surface area contributed by atoms with E-state index in [-0.39, 0.29) is 5.78 Å². The lowest BCUT2D eigenvalue weighted by Crippen LogP contribution is -2.23. The lowest BCUT2D eigenvalue weighted by atomic mass is 10.1. The number of carbonyl (C=O) groups excluding carboxylic acids is 2. The smallest absolute Gasteiger partial charge is 0.331 e. The fourth-order valence-corrected chi connectivity index (χ4v) is 2.43. The van der Waals surface area contributed by atoms with E-state index in [1.165, 1.54) is 6.08 Å². The molecule has 128 valence electrons. The van der Waals surface area contributed by atoms with E-state index in [9.17, 15) is 9.59 Å². The molecule has 0 saturated carbocycles. The summed E-state index contributed by atoms with van der Waals surface area (Å²) in [4.78, 5) is 24.1. The van der Waals surface area contributed by atoms with Crippen LogP contribution in [-0.4, -0.2) is 31.1 Å². The molecule has 2 aromatic rings. The summed E-state index contributed by atoms with van der Waals surface area (Å²) in [6.45, 7) is 2.59. The van der Waals surface area contributed by atoms with Crippen LogP contribution in [0.3, 0.4) is 0 Å². The van der Waals surface area contributed by atoms with E-state index < -0.39 is 12.1 Å². The average molecular weight is 338 g/mol. The van der Waals surface area contributed by atoms with Gasteiger partial charge < -0.3 is 14.2 Å². The zero-order valence-corrected chi connectivity index (χ0v) is 13.8. The Balaban J connectivity index is 1.60. The van der Waals surface area contributed by atoms with Gasteiger partial charge in [0.2, 0.25) is 5.78 Å². The third-order valence-corrected chi connectivity index (χ3v) is 3.70. The van der Waals surface area contributed by atoms with E-state index in [2.05, 4.69) is 0 Å². The highest BCUT2D eigenvalue weighted by Gasteiger charge is 2.18. The van der Waals surface area contributed by atoms with Gasteiger partial charge in [0.25, 0.3) is 0 Å². The number of carbonyl (C=O) groups is 2. The minimum absolute atomic E-state index is 0.235. The van der Waals surface area contributed by atoms with E-state index in [1.54, 1.807) is 49.4 Å². The van der Waals surface area contributed by atoms with Gasteiger partial charge in [-0.05, 0) is 30.7 Å². The zero-order chi connectivity index (χ0) is 17.6. The van der Waals surface area contributed by atoms with E-state index in [0.29, 0.717) is 30.3 Å². The fraction of sp³-hybridized carbons (Fsp3) is 0.200. The summed E-state index contributed by atoms with van der Waals surface area (Å²) in [5, 5.41) is 0. The Kier molecular flexibility index (Phi) is 5.14. The number of ketones is 1. The second kappa shape index (κ2) is 7.66. The van der Waals surface area contributed by atoms with E-state index in [1.807, 2.05) is 12.1 Å². The van der Waals surface area contributed by atoms with Crippen molar-refractivity contribution in [3.63, 3.8) is 0 Å². The van der Waals surface area contributed by atoms with Crippen molar-refractivity contribution in [1.29, 1.82) is 0 Å². The van der Waals surface area contributed by atoms with Crippen molar-refractivity contribution in [2.45, 2.75) is 13.0 Å². The summed E-state index contributed by atoms with van der Waals surface area (Å²) in [6, 6.07) is 14.1. The molecule has 2 aromatic carbocycles. The maximum atomic E-state index is 12.2. The minimum Gasteiger partial charge on any atom is -0.486 e. The van der Waals surface area contributed by atoms with Gasteiger partial charge in [-0.2, -0.15) is 0 Å². The highest BCUT2D eigenvalue weighted by molar-refractivity contribution is 6.01. The summed E-state index contributed by atoms with van der Waals surface area (Å²) < 4.78 is 16.1. The van der Waals surface area contributed by atoms with Gasteiger partial charge in [0.05, 0.1) is 0 Å². The molecular formula is C20H18O5. The highest BCUT2D eigenvalue weighted by Crippen LogP contribution is 2.31. The Morgan fingerprint density at radius 1 is 1.04 bits per heavy atom. The second-order valence-electron chi connectivity index (χ2n) is 5.55. The molecule has 0 unspecified atom stereocenters. The van der Waals surface area contributed by atoms with Gasteiger partial charge in [-0.15, -0.1) is 0 Å². The maximum absolute atomic E-state index is 12.2. The summed E-state index contributed by atoms with van der Waals surface area (Å²) in [5.74, 6) is 0.524. The molecule has 1 aliphatic rings. The van der Waals surface area contributed by atoms with Gasteiger partial charge in [-0.3, -0.25) is 4.79 Å². The molecule has 1 aliphatic heterocycles. The van der Waals surface area contributed by atoms with Crippen LogP contribution in [0.15, 0.2) is 54.6 Å². The number of benzene rings is 2. The van der Waals surface area contributed by atoms with Crippen molar-refractivity contribution in [1.82, 2.24) is 0 Å². The Morgan fingerprint density at radius 3 is 2.52 bits per heavy atom. The number of fused-ring (bicyclic) bond motifs is 1. The number of ether oxygens (including phenoxy) is 3. The van der Waals surface area contributed by atoms with Gasteiger partial charge in [-0.1, -0.05) is 36.4 Å². The number of rotatable bonds is 5. The van der Waals surface area contributed by atoms with Crippen LogP contribution < -0.4 is 9.47 Å². The normalized spacial score (nSPS) is 14.1. The van der Waals surface area contributed by atoms with Gasteiger partial charge in [0.1, 0.15) is 13.2 Å². The van der Waals surface area contributed by atoms with Crippen LogP contribution in [0.5, 0.6) is 11.5 Å². The molecule has 5 heteroatoms. The van der Waals surface area contributed by atoms with Crippen LogP contribution in [0.4, 0.5) is 0 Å². The molecule has 0 bridgehead atoms. The molecule has 0 aliphatic carbocycles. The van der Waals surface area contributed by atoms with E-state index in [0.717, 1.165) is 5.56 Å². The monoisotopic (exact) mass is 338 g/mol. The predicted molar refractivity (Wildman–Crippen MR) is 92.8 cm³/mol. The Labute approximate surface area is 145 Å². The van der Waals surface area contributed by atoms with Crippen LogP contribution in [0.2, 0.25) is 0 Å². The van der Waals surface area contributed by atoms with Crippen molar-refractivity contribution in [3.8, 4) is 11.5 Å². The Morgan fingerprint density at radius 2 is 1.76 bits per heavy atom. The zero-order valence-electron chi connectivity index (χ0n) is 13.8. The van der Waals surface area contributed by atoms with Crippen molar-refractivity contribution < 1.29 is 23.8 Å². The molecule has 25 heavy (non-hydrogen) atoms. The minimum atomic E-state index is -0.847. The quantitative estimate of drug-likeness (QED) is 0.476. The predicted octanol–water partition coefficient (Wildman–Crippen LogP) is 3.29. The SMILES string of the molecule is C[C@@H](OC(=O)/C=C/c1ccc2c(c1)OCCO2)C(=O)c1ccccc1. The molecule has 3 rings (SSSR count). The molecule has 0 radical (unpaired) electrons. The molecule has 1 atom stereocenters. The first-order chi connectivity index (χ1) is 12.1. The third kappa shape index (κ3) is 4.26. The molecule has 0 amide bonds. The molecule has 0 aromatic heterocycles. The number of Topliss-reactive ketones (excluding diaryl/α,β-unsaturated/α-hetero) is 1. The van der Waals surface area contributed by atoms with Crippen LogP contribution in [0.25, 0.3) is 6.08 Å². The summed E-state index contributed by atoms with van der Waals surface area (Å²) in [5.41, 5.74) is 1.29. The summed E-state index contributed by atoms with van der Waals surface area (Å²) in [6.07, 6.45) is 2.06. The van der Waals surface area contributed by atoms with Gasteiger partial charge in [0.15, 0.2) is 17.6 Å². The highest BCUT2D eigenvalue weighted by atomic mass is 16.6. The fourth-order valence-electron chi connectivity index (χ4n) is 2.43. The second-order valence-corrected chi connectivity index (χ2v) is 5.55. The molecule has 0 spiro atoms. The molecular weight excluding hydrogens is 320 g/mol. The van der Waals surface area contributed by atoms with Crippen LogP contribution in [0, 0.1) is 0 Å². The first kappa shape index (κ1) is 16.8. The lowest BCUT2D eigenvalue weighted by molar-refractivity contribution is -0.140.